The fourth-order valence-corrected chi connectivity index (χ4v) is 4.17. The Morgan fingerprint density at radius 2 is 1.81 bits per heavy atom. The Balaban J connectivity index is 1.24. The largest absolute Gasteiger partial charge is 0.348 e. The van der Waals surface area contributed by atoms with Gasteiger partial charge in [0.1, 0.15) is 0 Å². The minimum atomic E-state index is 0.148. The van der Waals surface area contributed by atoms with E-state index in [-0.39, 0.29) is 11.9 Å². The molecule has 4 rings (SSSR count). The Kier molecular flexibility index (Phi) is 5.80. The van der Waals surface area contributed by atoms with E-state index in [9.17, 15) is 4.79 Å². The van der Waals surface area contributed by atoms with Crippen LogP contribution in [0.1, 0.15) is 35.7 Å². The molecule has 5 nitrogen and oxygen atoms in total. The first-order valence-corrected chi connectivity index (χ1v) is 10.00. The third-order valence-electron chi connectivity index (χ3n) is 5.65. The molecular weight excluding hydrogens is 336 g/mol. The molecule has 0 saturated carbocycles. The second kappa shape index (κ2) is 8.63. The van der Waals surface area contributed by atoms with Crippen LogP contribution in [0.25, 0.3) is 0 Å². The van der Waals surface area contributed by atoms with Crippen molar-refractivity contribution in [1.82, 2.24) is 20.1 Å². The van der Waals surface area contributed by atoms with Gasteiger partial charge in [-0.25, -0.2) is 0 Å². The summed E-state index contributed by atoms with van der Waals surface area (Å²) >= 11 is 0. The lowest BCUT2D eigenvalue weighted by molar-refractivity contribution is -0.123. The van der Waals surface area contributed by atoms with E-state index in [0.717, 1.165) is 57.7 Å². The molecular formula is C22H28N4O. The number of carbonyl (C=O) groups excluding carboxylic acids is 1. The van der Waals surface area contributed by atoms with E-state index in [1.165, 1.54) is 11.1 Å². The summed E-state index contributed by atoms with van der Waals surface area (Å²) in [4.78, 5) is 21.7. The van der Waals surface area contributed by atoms with Crippen LogP contribution in [0.4, 0.5) is 0 Å². The second-order valence-corrected chi connectivity index (χ2v) is 7.58. The molecule has 1 amide bonds. The summed E-state index contributed by atoms with van der Waals surface area (Å²) in [5.41, 5.74) is 3.80. The fourth-order valence-electron chi connectivity index (χ4n) is 4.17. The number of nitrogens with zero attached hydrogens (tertiary/aromatic N) is 3. The highest BCUT2D eigenvalue weighted by Crippen LogP contribution is 2.29. The van der Waals surface area contributed by atoms with Gasteiger partial charge in [-0.1, -0.05) is 30.3 Å². The molecule has 5 heteroatoms. The van der Waals surface area contributed by atoms with E-state index in [1.54, 1.807) is 0 Å². The van der Waals surface area contributed by atoms with Crippen LogP contribution in [-0.2, 0) is 17.8 Å². The number of piperazine rings is 1. The average molecular weight is 364 g/mol. The second-order valence-electron chi connectivity index (χ2n) is 7.58. The third kappa shape index (κ3) is 4.73. The number of hydrogen-bond acceptors (Lipinski definition) is 4. The summed E-state index contributed by atoms with van der Waals surface area (Å²) in [6.07, 6.45) is 5.16. The minimum Gasteiger partial charge on any atom is -0.348 e. The Morgan fingerprint density at radius 3 is 2.63 bits per heavy atom. The van der Waals surface area contributed by atoms with Crippen LogP contribution in [0.15, 0.2) is 48.7 Å². The van der Waals surface area contributed by atoms with E-state index < -0.39 is 0 Å². The predicted octanol–water partition coefficient (Wildman–Crippen LogP) is 2.39. The monoisotopic (exact) mass is 364 g/mol. The van der Waals surface area contributed by atoms with Crippen molar-refractivity contribution in [1.29, 1.82) is 0 Å². The summed E-state index contributed by atoms with van der Waals surface area (Å²) in [5, 5.41) is 3.27. The molecule has 1 saturated heterocycles. The fraction of sp³-hybridized carbons (Fsp3) is 0.455. The minimum absolute atomic E-state index is 0.148. The molecule has 27 heavy (non-hydrogen) atoms. The summed E-state index contributed by atoms with van der Waals surface area (Å²) < 4.78 is 0. The zero-order valence-corrected chi connectivity index (χ0v) is 15.8. The van der Waals surface area contributed by atoms with Crippen molar-refractivity contribution in [3.8, 4) is 0 Å². The molecule has 1 aromatic heterocycles. The number of aromatic nitrogens is 1. The highest BCUT2D eigenvalue weighted by molar-refractivity contribution is 5.78. The molecule has 1 atom stereocenters. The first kappa shape index (κ1) is 18.1. The van der Waals surface area contributed by atoms with Crippen LogP contribution in [-0.4, -0.2) is 53.4 Å². The lowest BCUT2D eigenvalue weighted by Crippen LogP contribution is -2.49. The van der Waals surface area contributed by atoms with Gasteiger partial charge in [0.25, 0.3) is 0 Å². The van der Waals surface area contributed by atoms with Gasteiger partial charge in [-0.05, 0) is 42.5 Å². The number of fused-ring (bicyclic) bond motifs is 1. The Morgan fingerprint density at radius 1 is 1.04 bits per heavy atom. The van der Waals surface area contributed by atoms with Gasteiger partial charge in [0.05, 0.1) is 18.3 Å². The van der Waals surface area contributed by atoms with Crippen molar-refractivity contribution in [2.45, 2.75) is 31.8 Å². The van der Waals surface area contributed by atoms with Crippen LogP contribution in [0.2, 0.25) is 0 Å². The molecule has 1 fully saturated rings. The predicted molar refractivity (Wildman–Crippen MR) is 106 cm³/mol. The molecule has 2 aromatic rings. The summed E-state index contributed by atoms with van der Waals surface area (Å²) in [7, 11) is 0. The zero-order valence-electron chi connectivity index (χ0n) is 15.8. The smallest absolute Gasteiger partial charge is 0.234 e. The Labute approximate surface area is 161 Å². The summed E-state index contributed by atoms with van der Waals surface area (Å²) in [5.74, 6) is 0.148. The first-order valence-electron chi connectivity index (χ1n) is 10.00. The first-order chi connectivity index (χ1) is 13.3. The average Bonchev–Trinajstić information content (AvgIpc) is 2.71. The van der Waals surface area contributed by atoms with Crippen molar-refractivity contribution < 1.29 is 4.79 Å². The van der Waals surface area contributed by atoms with Crippen LogP contribution in [0.3, 0.4) is 0 Å². The molecule has 1 aliphatic heterocycles. The molecule has 2 heterocycles. The van der Waals surface area contributed by atoms with Crippen molar-refractivity contribution >= 4 is 5.91 Å². The maximum atomic E-state index is 12.6. The van der Waals surface area contributed by atoms with Crippen LogP contribution < -0.4 is 5.32 Å². The number of aryl methyl sites for hydroxylation is 1. The maximum Gasteiger partial charge on any atom is 0.234 e. The molecule has 0 unspecified atom stereocenters. The van der Waals surface area contributed by atoms with Gasteiger partial charge in [-0.15, -0.1) is 0 Å². The van der Waals surface area contributed by atoms with Crippen molar-refractivity contribution in [3.63, 3.8) is 0 Å². The molecule has 142 valence electrons. The molecule has 2 aliphatic rings. The topological polar surface area (TPSA) is 48.5 Å². The molecule has 1 N–H and O–H groups in total. The van der Waals surface area contributed by atoms with Crippen molar-refractivity contribution in [2.75, 3.05) is 32.7 Å². The van der Waals surface area contributed by atoms with Crippen molar-refractivity contribution in [3.05, 3.63) is 65.5 Å². The van der Waals surface area contributed by atoms with Crippen LogP contribution in [0, 0.1) is 0 Å². The molecule has 1 aliphatic carbocycles. The number of pyridine rings is 1. The molecule has 0 bridgehead atoms. The quantitative estimate of drug-likeness (QED) is 0.885. The number of hydrogen-bond donors (Lipinski definition) is 1. The highest BCUT2D eigenvalue weighted by atomic mass is 16.2. The summed E-state index contributed by atoms with van der Waals surface area (Å²) in [6, 6.07) is 14.7. The Bertz CT molecular complexity index is 756. The highest BCUT2D eigenvalue weighted by Gasteiger charge is 2.23. The summed E-state index contributed by atoms with van der Waals surface area (Å²) in [6.45, 7) is 5.21. The van der Waals surface area contributed by atoms with E-state index in [4.69, 9.17) is 0 Å². The maximum absolute atomic E-state index is 12.6. The number of nitrogens with one attached hydrogen (secondary N) is 1. The van der Waals surface area contributed by atoms with Crippen LogP contribution >= 0.6 is 0 Å². The van der Waals surface area contributed by atoms with Gasteiger partial charge in [0, 0.05) is 38.9 Å². The lowest BCUT2D eigenvalue weighted by Gasteiger charge is -2.34. The molecule has 0 spiro atoms. The van der Waals surface area contributed by atoms with E-state index >= 15 is 0 Å². The van der Waals surface area contributed by atoms with Gasteiger partial charge >= 0.3 is 0 Å². The molecule has 1 aromatic carbocycles. The molecule has 0 radical (unpaired) electrons. The number of carbonyl (C=O) groups is 1. The van der Waals surface area contributed by atoms with Crippen LogP contribution in [0.5, 0.6) is 0 Å². The van der Waals surface area contributed by atoms with Crippen molar-refractivity contribution in [2.24, 2.45) is 0 Å². The van der Waals surface area contributed by atoms with Gasteiger partial charge in [0.15, 0.2) is 0 Å². The SMILES string of the molecule is O=C(CN1CCN(Cc2ccccn2)CC1)N[C@H]1CCCc2ccccc21. The van der Waals surface area contributed by atoms with Gasteiger partial charge in [0.2, 0.25) is 5.91 Å². The van der Waals surface area contributed by atoms with E-state index in [2.05, 4.69) is 50.4 Å². The standard InChI is InChI=1S/C22H28N4O/c27-22(24-21-10-5-7-18-6-1-2-9-20(18)21)17-26-14-12-25(13-15-26)16-19-8-3-4-11-23-19/h1-4,6,8-9,11,21H,5,7,10,12-17H2,(H,24,27)/t21-/m0/s1. The van der Waals surface area contributed by atoms with E-state index in [1.807, 2.05) is 18.3 Å². The number of amides is 1. The Hall–Kier alpha value is -2.24. The third-order valence-corrected chi connectivity index (χ3v) is 5.65. The number of benzene rings is 1. The van der Waals surface area contributed by atoms with Gasteiger partial charge < -0.3 is 5.32 Å². The number of rotatable bonds is 5. The lowest BCUT2D eigenvalue weighted by atomic mass is 9.88. The van der Waals surface area contributed by atoms with Gasteiger partial charge in [-0.3, -0.25) is 19.6 Å². The normalized spacial score (nSPS) is 20.8. The van der Waals surface area contributed by atoms with Gasteiger partial charge in [-0.2, -0.15) is 0 Å². The zero-order chi connectivity index (χ0) is 18.5. The van der Waals surface area contributed by atoms with E-state index in [0.29, 0.717) is 6.54 Å².